The fourth-order valence-electron chi connectivity index (χ4n) is 3.80. The number of rotatable bonds is 4. The lowest BCUT2D eigenvalue weighted by Gasteiger charge is -2.21. The molecular formula is C22H23ClN4O5S. The van der Waals surface area contributed by atoms with Crippen LogP contribution in [0.3, 0.4) is 0 Å². The average molecular weight is 491 g/mol. The summed E-state index contributed by atoms with van der Waals surface area (Å²) in [5.41, 5.74) is 1.25. The first-order valence-electron chi connectivity index (χ1n) is 10.2. The Labute approximate surface area is 196 Å². The van der Waals surface area contributed by atoms with Gasteiger partial charge in [-0.05, 0) is 37.3 Å². The number of carbonyl (C=O) groups excluding carboxylic acids is 1. The molecule has 0 fully saturated rings. The van der Waals surface area contributed by atoms with Gasteiger partial charge in [-0.3, -0.25) is 18.6 Å². The zero-order valence-electron chi connectivity index (χ0n) is 18.3. The van der Waals surface area contributed by atoms with E-state index < -0.39 is 22.0 Å². The summed E-state index contributed by atoms with van der Waals surface area (Å²) < 4.78 is 34.8. The lowest BCUT2D eigenvalue weighted by molar-refractivity contribution is -0.122. The van der Waals surface area contributed by atoms with Crippen LogP contribution < -0.4 is 19.9 Å². The normalized spacial score (nSPS) is 16.0. The van der Waals surface area contributed by atoms with Crippen LogP contribution in [0.15, 0.2) is 53.3 Å². The first-order chi connectivity index (χ1) is 15.6. The van der Waals surface area contributed by atoms with Gasteiger partial charge in [0, 0.05) is 25.0 Å². The number of nitrogens with one attached hydrogen (secondary N) is 1. The maximum Gasteiger partial charge on any atom is 0.295 e. The molecule has 1 N–H and O–H groups in total. The van der Waals surface area contributed by atoms with Gasteiger partial charge >= 0.3 is 0 Å². The van der Waals surface area contributed by atoms with Crippen LogP contribution in [0.2, 0.25) is 5.02 Å². The molecule has 2 heterocycles. The Hall–Kier alpha value is -3.24. The number of anilines is 2. The Morgan fingerprint density at radius 1 is 1.18 bits per heavy atom. The van der Waals surface area contributed by atoms with Crippen molar-refractivity contribution in [1.82, 2.24) is 9.36 Å². The number of carbonyl (C=O) groups is 1. The van der Waals surface area contributed by atoms with Crippen LogP contribution >= 0.6 is 11.6 Å². The molecule has 33 heavy (non-hydrogen) atoms. The number of para-hydroxylation sites is 1. The van der Waals surface area contributed by atoms with Gasteiger partial charge in [0.15, 0.2) is 6.10 Å². The highest BCUT2D eigenvalue weighted by Gasteiger charge is 2.32. The molecule has 1 amide bonds. The molecule has 1 aliphatic rings. The molecule has 0 unspecified atom stereocenters. The zero-order valence-corrected chi connectivity index (χ0v) is 19.9. The van der Waals surface area contributed by atoms with Crippen LogP contribution in [0.1, 0.15) is 12.1 Å². The van der Waals surface area contributed by atoms with Gasteiger partial charge in [-0.15, -0.1) is 0 Å². The van der Waals surface area contributed by atoms with Gasteiger partial charge in [0.25, 0.3) is 11.5 Å². The minimum absolute atomic E-state index is 0.0201. The molecule has 2 aromatic carbocycles. The van der Waals surface area contributed by atoms with E-state index in [4.69, 9.17) is 16.3 Å². The van der Waals surface area contributed by atoms with E-state index >= 15 is 0 Å². The second kappa shape index (κ2) is 8.60. The number of hydrogen-bond donors (Lipinski definition) is 1. The minimum Gasteiger partial charge on any atom is -0.478 e. The van der Waals surface area contributed by atoms with E-state index in [0.29, 0.717) is 16.4 Å². The van der Waals surface area contributed by atoms with Crippen LogP contribution in [0.25, 0.3) is 5.69 Å². The predicted octanol–water partition coefficient (Wildman–Crippen LogP) is 2.69. The van der Waals surface area contributed by atoms with Crippen LogP contribution in [0.4, 0.5) is 11.4 Å². The third-order valence-electron chi connectivity index (χ3n) is 5.55. The molecule has 0 saturated carbocycles. The van der Waals surface area contributed by atoms with Gasteiger partial charge in [0.05, 0.1) is 23.3 Å². The monoisotopic (exact) mass is 490 g/mol. The molecule has 0 radical (unpaired) electrons. The Bertz CT molecular complexity index is 1380. The molecule has 9 nitrogen and oxygen atoms in total. The average Bonchev–Trinajstić information content (AvgIpc) is 2.90. The van der Waals surface area contributed by atoms with Crippen LogP contribution in [-0.4, -0.2) is 42.6 Å². The van der Waals surface area contributed by atoms with Gasteiger partial charge in [-0.1, -0.05) is 29.8 Å². The van der Waals surface area contributed by atoms with Crippen LogP contribution in [-0.2, 0) is 21.9 Å². The van der Waals surface area contributed by atoms with Crippen molar-refractivity contribution < 1.29 is 17.9 Å². The number of aromatic nitrogens is 2. The first kappa shape index (κ1) is 22.9. The second-order valence-electron chi connectivity index (χ2n) is 7.77. The lowest BCUT2D eigenvalue weighted by Crippen LogP contribution is -2.37. The lowest BCUT2D eigenvalue weighted by atomic mass is 10.2. The Morgan fingerprint density at radius 2 is 1.88 bits per heavy atom. The number of amides is 1. The summed E-state index contributed by atoms with van der Waals surface area (Å²) in [6.07, 6.45) is 0.155. The maximum absolute atomic E-state index is 13.1. The molecule has 0 spiro atoms. The summed E-state index contributed by atoms with van der Waals surface area (Å²) in [6, 6.07) is 13.6. The molecule has 11 heteroatoms. The third-order valence-corrected chi connectivity index (χ3v) is 6.96. The van der Waals surface area contributed by atoms with Crippen LogP contribution in [0, 0.1) is 6.92 Å². The van der Waals surface area contributed by atoms with Crippen molar-refractivity contribution in [3.05, 3.63) is 69.6 Å². The molecule has 0 aliphatic carbocycles. The van der Waals surface area contributed by atoms with E-state index in [2.05, 4.69) is 5.32 Å². The molecule has 1 atom stereocenters. The first-order valence-corrected chi connectivity index (χ1v) is 12.4. The Balaban J connectivity index is 1.65. The second-order valence-corrected chi connectivity index (χ2v) is 10.1. The van der Waals surface area contributed by atoms with E-state index in [1.807, 2.05) is 18.2 Å². The van der Waals surface area contributed by atoms with Crippen molar-refractivity contribution in [1.29, 1.82) is 0 Å². The molecule has 4 rings (SSSR count). The summed E-state index contributed by atoms with van der Waals surface area (Å²) >= 11 is 6.06. The predicted molar refractivity (Wildman–Crippen MR) is 127 cm³/mol. The van der Waals surface area contributed by atoms with Crippen molar-refractivity contribution in [2.45, 2.75) is 19.4 Å². The third kappa shape index (κ3) is 4.36. The maximum atomic E-state index is 13.1. The molecule has 1 aliphatic heterocycles. The fraction of sp³-hybridized carbons (Fsp3) is 0.273. The standard InChI is InChI=1S/C22H23ClN4O5S/c1-14-20(22(29)27(25(14)2)16-7-5-4-6-8-16)24-21(28)19-11-12-26(33(3,30)31)17-13-15(23)9-10-18(17)32-19/h4-10,13,19H,11-12H2,1-3H3,(H,24,28)/t19-/m0/s1. The van der Waals surface area contributed by atoms with Crippen molar-refractivity contribution in [2.75, 3.05) is 22.4 Å². The van der Waals surface area contributed by atoms with E-state index in [1.165, 1.54) is 16.8 Å². The molecule has 1 aromatic heterocycles. The van der Waals surface area contributed by atoms with Gasteiger partial charge in [-0.2, -0.15) is 0 Å². The molecule has 0 bridgehead atoms. The van der Waals surface area contributed by atoms with E-state index in [9.17, 15) is 18.0 Å². The highest BCUT2D eigenvalue weighted by Crippen LogP contribution is 2.36. The summed E-state index contributed by atoms with van der Waals surface area (Å²) in [6.45, 7) is 1.75. The van der Waals surface area contributed by atoms with Gasteiger partial charge in [0.1, 0.15) is 11.4 Å². The topological polar surface area (TPSA) is 103 Å². The number of nitrogens with zero attached hydrogens (tertiary/aromatic N) is 3. The smallest absolute Gasteiger partial charge is 0.295 e. The Kier molecular flexibility index (Phi) is 5.98. The number of benzene rings is 2. The van der Waals surface area contributed by atoms with Crippen molar-refractivity contribution in [2.24, 2.45) is 7.05 Å². The summed E-state index contributed by atoms with van der Waals surface area (Å²) in [5.74, 6) is -0.328. The number of hydrogen-bond acceptors (Lipinski definition) is 5. The van der Waals surface area contributed by atoms with Crippen molar-refractivity contribution in [3.8, 4) is 11.4 Å². The van der Waals surface area contributed by atoms with E-state index in [1.54, 1.807) is 36.9 Å². The summed E-state index contributed by atoms with van der Waals surface area (Å²) in [7, 11) is -1.90. The number of ether oxygens (including phenoxy) is 1. The van der Waals surface area contributed by atoms with Gasteiger partial charge in [-0.25, -0.2) is 13.1 Å². The fourth-order valence-corrected chi connectivity index (χ4v) is 4.90. The summed E-state index contributed by atoms with van der Waals surface area (Å²) in [4.78, 5) is 26.2. The SMILES string of the molecule is Cc1c(NC(=O)[C@@H]2CCN(S(C)(=O)=O)c3cc(Cl)ccc3O2)c(=O)n(-c2ccccc2)n1C. The highest BCUT2D eigenvalue weighted by molar-refractivity contribution is 7.92. The van der Waals surface area contributed by atoms with E-state index in [0.717, 1.165) is 10.6 Å². The number of fused-ring (bicyclic) bond motifs is 1. The minimum atomic E-state index is -3.63. The number of halogens is 1. The largest absolute Gasteiger partial charge is 0.478 e. The van der Waals surface area contributed by atoms with Gasteiger partial charge < -0.3 is 10.1 Å². The summed E-state index contributed by atoms with van der Waals surface area (Å²) in [5, 5.41) is 3.03. The highest BCUT2D eigenvalue weighted by atomic mass is 35.5. The molecule has 0 saturated heterocycles. The molecule has 3 aromatic rings. The van der Waals surface area contributed by atoms with Crippen molar-refractivity contribution >= 4 is 38.9 Å². The molecule has 174 valence electrons. The zero-order chi connectivity index (χ0) is 23.9. The number of sulfonamides is 1. The van der Waals surface area contributed by atoms with E-state index in [-0.39, 0.29) is 35.6 Å². The van der Waals surface area contributed by atoms with Crippen LogP contribution in [0.5, 0.6) is 5.75 Å². The molecular weight excluding hydrogens is 468 g/mol. The Morgan fingerprint density at radius 3 is 2.55 bits per heavy atom. The van der Waals surface area contributed by atoms with Crippen molar-refractivity contribution in [3.63, 3.8) is 0 Å². The quantitative estimate of drug-likeness (QED) is 0.605. The van der Waals surface area contributed by atoms with Gasteiger partial charge in [0.2, 0.25) is 10.0 Å².